The molecular weight excluding hydrogens is 228 g/mol. The van der Waals surface area contributed by atoms with Crippen LogP contribution in [-0.2, 0) is 11.3 Å². The Morgan fingerprint density at radius 1 is 1.50 bits per heavy atom. The highest BCUT2D eigenvalue weighted by Gasteiger charge is 2.08. The first-order valence-corrected chi connectivity index (χ1v) is 6.07. The Morgan fingerprint density at radius 3 is 3.11 bits per heavy atom. The summed E-state index contributed by atoms with van der Waals surface area (Å²) in [5.41, 5.74) is 3.04. The van der Waals surface area contributed by atoms with E-state index in [0.717, 1.165) is 23.1 Å². The number of amides is 1. The van der Waals surface area contributed by atoms with Crippen molar-refractivity contribution in [3.63, 3.8) is 0 Å². The van der Waals surface area contributed by atoms with Gasteiger partial charge in [-0.1, -0.05) is 13.0 Å². The number of imidazole rings is 1. The molecule has 1 heterocycles. The fourth-order valence-electron chi connectivity index (χ4n) is 1.81. The van der Waals surface area contributed by atoms with Crippen LogP contribution in [0.4, 0.5) is 0 Å². The number of fused-ring (bicyclic) bond motifs is 1. The molecule has 1 aromatic carbocycles. The third-order valence-corrected chi connectivity index (χ3v) is 2.86. The number of likely N-dealkylation sites (N-methyl/N-ethyl adjacent to an activating group) is 2. The average Bonchev–Trinajstić information content (AvgIpc) is 2.83. The predicted molar refractivity (Wildman–Crippen MR) is 71.1 cm³/mol. The van der Waals surface area contributed by atoms with Crippen molar-refractivity contribution in [2.45, 2.75) is 13.5 Å². The minimum Gasteiger partial charge on any atom is -0.345 e. The summed E-state index contributed by atoms with van der Waals surface area (Å²) in [6, 6.07) is 5.99. The molecule has 5 heteroatoms. The Bertz CT molecular complexity index is 535. The van der Waals surface area contributed by atoms with E-state index in [2.05, 4.69) is 15.3 Å². The minimum absolute atomic E-state index is 0.0987. The zero-order valence-corrected chi connectivity index (χ0v) is 10.7. The van der Waals surface area contributed by atoms with Crippen LogP contribution in [-0.4, -0.2) is 40.9 Å². The SMILES string of the molecule is CCNCC(=O)N(C)Cc1ccc2nc[nH]c2c1. The maximum atomic E-state index is 11.8. The molecule has 2 rings (SSSR count). The smallest absolute Gasteiger partial charge is 0.236 e. The number of benzene rings is 1. The number of rotatable bonds is 5. The number of H-pyrrole nitrogens is 1. The van der Waals surface area contributed by atoms with Crippen molar-refractivity contribution >= 4 is 16.9 Å². The molecule has 18 heavy (non-hydrogen) atoms. The number of aromatic amines is 1. The molecule has 1 aromatic heterocycles. The van der Waals surface area contributed by atoms with Gasteiger partial charge in [0.1, 0.15) is 0 Å². The average molecular weight is 246 g/mol. The molecule has 5 nitrogen and oxygen atoms in total. The van der Waals surface area contributed by atoms with Crippen molar-refractivity contribution in [1.82, 2.24) is 20.2 Å². The molecular formula is C13H18N4O. The van der Waals surface area contributed by atoms with E-state index < -0.39 is 0 Å². The lowest BCUT2D eigenvalue weighted by atomic mass is 10.2. The van der Waals surface area contributed by atoms with Crippen molar-refractivity contribution < 1.29 is 4.79 Å². The zero-order chi connectivity index (χ0) is 13.0. The maximum Gasteiger partial charge on any atom is 0.236 e. The fraction of sp³-hybridized carbons (Fsp3) is 0.385. The highest BCUT2D eigenvalue weighted by Crippen LogP contribution is 2.12. The Kier molecular flexibility index (Phi) is 3.94. The van der Waals surface area contributed by atoms with Gasteiger partial charge in [-0.3, -0.25) is 4.79 Å². The van der Waals surface area contributed by atoms with E-state index in [4.69, 9.17) is 0 Å². The Balaban J connectivity index is 2.01. The number of hydrogen-bond acceptors (Lipinski definition) is 3. The molecule has 0 saturated carbocycles. The summed E-state index contributed by atoms with van der Waals surface area (Å²) in [4.78, 5) is 20.7. The molecule has 0 bridgehead atoms. The molecule has 0 saturated heterocycles. The van der Waals surface area contributed by atoms with Crippen molar-refractivity contribution in [1.29, 1.82) is 0 Å². The number of carbonyl (C=O) groups excluding carboxylic acids is 1. The van der Waals surface area contributed by atoms with Gasteiger partial charge in [0.2, 0.25) is 5.91 Å². The van der Waals surface area contributed by atoms with Gasteiger partial charge in [-0.15, -0.1) is 0 Å². The molecule has 0 radical (unpaired) electrons. The molecule has 0 aliphatic heterocycles. The van der Waals surface area contributed by atoms with Crippen molar-refractivity contribution in [2.75, 3.05) is 20.1 Å². The Labute approximate surface area is 106 Å². The van der Waals surface area contributed by atoms with Gasteiger partial charge >= 0.3 is 0 Å². The van der Waals surface area contributed by atoms with E-state index in [1.54, 1.807) is 11.2 Å². The summed E-state index contributed by atoms with van der Waals surface area (Å²) in [5, 5.41) is 3.03. The molecule has 0 spiro atoms. The van der Waals surface area contributed by atoms with E-state index in [0.29, 0.717) is 13.1 Å². The molecule has 0 aliphatic carbocycles. The van der Waals surface area contributed by atoms with Crippen LogP contribution in [0, 0.1) is 0 Å². The molecule has 0 aliphatic rings. The van der Waals surface area contributed by atoms with E-state index in [1.807, 2.05) is 32.2 Å². The van der Waals surface area contributed by atoms with Gasteiger partial charge in [0.25, 0.3) is 0 Å². The summed E-state index contributed by atoms with van der Waals surface area (Å²) in [6.07, 6.45) is 1.68. The van der Waals surface area contributed by atoms with Crippen LogP contribution >= 0.6 is 0 Å². The van der Waals surface area contributed by atoms with Crippen molar-refractivity contribution in [3.8, 4) is 0 Å². The van der Waals surface area contributed by atoms with E-state index in [1.165, 1.54) is 0 Å². The predicted octanol–water partition coefficient (Wildman–Crippen LogP) is 1.13. The highest BCUT2D eigenvalue weighted by molar-refractivity contribution is 5.78. The van der Waals surface area contributed by atoms with Crippen molar-refractivity contribution in [2.24, 2.45) is 0 Å². The van der Waals surface area contributed by atoms with Crippen LogP contribution in [0.5, 0.6) is 0 Å². The fourth-order valence-corrected chi connectivity index (χ4v) is 1.81. The lowest BCUT2D eigenvalue weighted by molar-refractivity contribution is -0.129. The van der Waals surface area contributed by atoms with Gasteiger partial charge in [0, 0.05) is 13.6 Å². The molecule has 2 N–H and O–H groups in total. The van der Waals surface area contributed by atoms with Gasteiger partial charge < -0.3 is 15.2 Å². The number of nitrogens with zero attached hydrogens (tertiary/aromatic N) is 2. The van der Waals surface area contributed by atoms with Crippen LogP contribution in [0.1, 0.15) is 12.5 Å². The monoisotopic (exact) mass is 246 g/mol. The molecule has 0 atom stereocenters. The molecule has 2 aromatic rings. The second-order valence-corrected chi connectivity index (χ2v) is 4.28. The minimum atomic E-state index is 0.0987. The summed E-state index contributed by atoms with van der Waals surface area (Å²) in [5.74, 6) is 0.0987. The largest absolute Gasteiger partial charge is 0.345 e. The number of aromatic nitrogens is 2. The number of hydrogen-bond donors (Lipinski definition) is 2. The maximum absolute atomic E-state index is 11.8. The van der Waals surface area contributed by atoms with E-state index in [9.17, 15) is 4.79 Å². The lowest BCUT2D eigenvalue weighted by Crippen LogP contribution is -2.35. The molecule has 96 valence electrons. The second kappa shape index (κ2) is 5.64. The van der Waals surface area contributed by atoms with Crippen LogP contribution in [0.25, 0.3) is 11.0 Å². The summed E-state index contributed by atoms with van der Waals surface area (Å²) in [6.45, 7) is 3.79. The van der Waals surface area contributed by atoms with Crippen LogP contribution in [0.2, 0.25) is 0 Å². The van der Waals surface area contributed by atoms with Gasteiger partial charge in [-0.05, 0) is 24.2 Å². The van der Waals surface area contributed by atoms with Gasteiger partial charge in [-0.2, -0.15) is 0 Å². The molecule has 0 unspecified atom stereocenters. The summed E-state index contributed by atoms with van der Waals surface area (Å²) in [7, 11) is 1.82. The number of nitrogens with one attached hydrogen (secondary N) is 2. The topological polar surface area (TPSA) is 61.0 Å². The van der Waals surface area contributed by atoms with Crippen LogP contribution in [0.15, 0.2) is 24.5 Å². The third-order valence-electron chi connectivity index (χ3n) is 2.86. The van der Waals surface area contributed by atoms with Crippen LogP contribution < -0.4 is 5.32 Å². The van der Waals surface area contributed by atoms with E-state index in [-0.39, 0.29) is 5.91 Å². The zero-order valence-electron chi connectivity index (χ0n) is 10.7. The van der Waals surface area contributed by atoms with Gasteiger partial charge in [-0.25, -0.2) is 4.98 Å². The Morgan fingerprint density at radius 2 is 2.33 bits per heavy atom. The second-order valence-electron chi connectivity index (χ2n) is 4.28. The Hall–Kier alpha value is -1.88. The summed E-state index contributed by atoms with van der Waals surface area (Å²) < 4.78 is 0. The summed E-state index contributed by atoms with van der Waals surface area (Å²) >= 11 is 0. The quantitative estimate of drug-likeness (QED) is 0.831. The van der Waals surface area contributed by atoms with Gasteiger partial charge in [0.05, 0.1) is 23.9 Å². The number of carbonyl (C=O) groups is 1. The van der Waals surface area contributed by atoms with Gasteiger partial charge in [0.15, 0.2) is 0 Å². The first kappa shape index (κ1) is 12.6. The molecule has 0 fully saturated rings. The van der Waals surface area contributed by atoms with E-state index >= 15 is 0 Å². The normalized spacial score (nSPS) is 10.8. The highest BCUT2D eigenvalue weighted by atomic mass is 16.2. The first-order chi connectivity index (χ1) is 8.70. The lowest BCUT2D eigenvalue weighted by Gasteiger charge is -2.17. The van der Waals surface area contributed by atoms with Crippen molar-refractivity contribution in [3.05, 3.63) is 30.1 Å². The van der Waals surface area contributed by atoms with Crippen LogP contribution in [0.3, 0.4) is 0 Å². The third kappa shape index (κ3) is 2.87. The first-order valence-electron chi connectivity index (χ1n) is 6.07. The molecule has 1 amide bonds. The standard InChI is InChI=1S/C13H18N4O/c1-3-14-7-13(18)17(2)8-10-4-5-11-12(6-10)16-9-15-11/h4-6,9,14H,3,7-8H2,1-2H3,(H,15,16).